The van der Waals surface area contributed by atoms with E-state index >= 15 is 0 Å². The van der Waals surface area contributed by atoms with Gasteiger partial charge in [0.25, 0.3) is 0 Å². The number of hydrogen-bond donors (Lipinski definition) is 1. The molecule has 0 fully saturated rings. The highest BCUT2D eigenvalue weighted by Crippen LogP contribution is 2.27. The predicted octanol–water partition coefficient (Wildman–Crippen LogP) is 3.87. The van der Waals surface area contributed by atoms with Crippen LogP contribution in [0.4, 0.5) is 8.78 Å². The average Bonchev–Trinajstić information content (AvgIpc) is 2.63. The molecule has 1 aliphatic rings. The molecule has 3 rings (SSSR count). The summed E-state index contributed by atoms with van der Waals surface area (Å²) in [6.45, 7) is 0.907. The molecule has 4 nitrogen and oxygen atoms in total. The van der Waals surface area contributed by atoms with Gasteiger partial charge in [-0.1, -0.05) is 6.07 Å². The zero-order valence-corrected chi connectivity index (χ0v) is 15.4. The van der Waals surface area contributed by atoms with Gasteiger partial charge in [0.15, 0.2) is 0 Å². The summed E-state index contributed by atoms with van der Waals surface area (Å²) in [6, 6.07) is 7.19. The van der Waals surface area contributed by atoms with Gasteiger partial charge in [-0.25, -0.2) is 8.78 Å². The van der Waals surface area contributed by atoms with Gasteiger partial charge in [0, 0.05) is 42.3 Å². The van der Waals surface area contributed by atoms with Gasteiger partial charge < -0.3 is 14.7 Å². The lowest BCUT2D eigenvalue weighted by Gasteiger charge is -2.30. The molecule has 2 heterocycles. The first-order valence-corrected chi connectivity index (χ1v) is 8.77. The second kappa shape index (κ2) is 8.42. The maximum absolute atomic E-state index is 13.7. The van der Waals surface area contributed by atoms with Crippen LogP contribution in [0.15, 0.2) is 64.7 Å². The zero-order chi connectivity index (χ0) is 18.5. The number of hydrogen-bond acceptors (Lipinski definition) is 4. The van der Waals surface area contributed by atoms with Gasteiger partial charge in [-0.15, -0.1) is 0 Å². The Morgan fingerprint density at radius 1 is 1.27 bits per heavy atom. The van der Waals surface area contributed by atoms with Gasteiger partial charge in [-0.05, 0) is 39.7 Å². The first kappa shape index (κ1) is 18.5. The van der Waals surface area contributed by atoms with E-state index in [-0.39, 0.29) is 18.8 Å². The van der Waals surface area contributed by atoms with Gasteiger partial charge in [-0.2, -0.15) is 0 Å². The van der Waals surface area contributed by atoms with Gasteiger partial charge in [0.05, 0.1) is 17.6 Å². The number of nitrogens with zero attached hydrogens (tertiary/aromatic N) is 2. The summed E-state index contributed by atoms with van der Waals surface area (Å²) in [4.78, 5) is 6.09. The Balaban J connectivity index is 1.70. The Morgan fingerprint density at radius 2 is 2.12 bits per heavy atom. The highest BCUT2D eigenvalue weighted by molar-refractivity contribution is 9.11. The highest BCUT2D eigenvalue weighted by Gasteiger charge is 2.20. The van der Waals surface area contributed by atoms with Gasteiger partial charge in [0.2, 0.25) is 0 Å². The van der Waals surface area contributed by atoms with Crippen molar-refractivity contribution in [2.24, 2.45) is 0 Å². The van der Waals surface area contributed by atoms with Crippen LogP contribution in [0.2, 0.25) is 0 Å². The molecule has 26 heavy (non-hydrogen) atoms. The summed E-state index contributed by atoms with van der Waals surface area (Å²) < 4.78 is 33.2. The van der Waals surface area contributed by atoms with E-state index in [1.54, 1.807) is 18.5 Å². The van der Waals surface area contributed by atoms with E-state index in [2.05, 4.69) is 20.9 Å². The minimum Gasteiger partial charge on any atom is -0.488 e. The molecule has 1 aliphatic heterocycles. The summed E-state index contributed by atoms with van der Waals surface area (Å²) in [5.41, 5.74) is 1.97. The molecule has 136 valence electrons. The summed E-state index contributed by atoms with van der Waals surface area (Å²) in [5, 5.41) is 9.68. The van der Waals surface area contributed by atoms with E-state index in [0.29, 0.717) is 24.5 Å². The normalized spacial score (nSPS) is 14.5. The van der Waals surface area contributed by atoms with Crippen LogP contribution >= 0.6 is 15.9 Å². The lowest BCUT2D eigenvalue weighted by atomic mass is 10.2. The van der Waals surface area contributed by atoms with Crippen molar-refractivity contribution in [1.29, 1.82) is 0 Å². The van der Waals surface area contributed by atoms with E-state index in [4.69, 9.17) is 4.74 Å². The Kier molecular flexibility index (Phi) is 6.00. The number of rotatable bonds is 6. The highest BCUT2D eigenvalue weighted by atomic mass is 79.9. The molecule has 1 N–H and O–H groups in total. The van der Waals surface area contributed by atoms with Crippen LogP contribution in [0, 0.1) is 11.6 Å². The largest absolute Gasteiger partial charge is 0.488 e. The number of aliphatic hydroxyl groups excluding tert-OH is 1. The first-order chi connectivity index (χ1) is 12.6. The topological polar surface area (TPSA) is 45.6 Å². The second-order valence-corrected chi connectivity index (χ2v) is 6.76. The molecule has 0 atom stereocenters. The number of aromatic nitrogens is 1. The van der Waals surface area contributed by atoms with Crippen molar-refractivity contribution in [3.05, 3.63) is 87.5 Å². The van der Waals surface area contributed by atoms with Crippen molar-refractivity contribution in [3.63, 3.8) is 0 Å². The van der Waals surface area contributed by atoms with Crippen LogP contribution in [-0.2, 0) is 17.9 Å². The summed E-state index contributed by atoms with van der Waals surface area (Å²) in [6.07, 6.45) is 5.19. The molecule has 0 saturated heterocycles. The number of allylic oxidation sites excluding steroid dienone is 1. The van der Waals surface area contributed by atoms with Crippen LogP contribution in [0.25, 0.3) is 0 Å². The molecule has 2 aromatic rings. The van der Waals surface area contributed by atoms with Crippen LogP contribution in [0.5, 0.6) is 0 Å². The molecule has 0 aliphatic carbocycles. The fraction of sp³-hybridized carbons (Fsp3) is 0.211. The van der Waals surface area contributed by atoms with Crippen molar-refractivity contribution in [2.75, 3.05) is 13.2 Å². The summed E-state index contributed by atoms with van der Waals surface area (Å²) in [5.74, 6) is -0.764. The van der Waals surface area contributed by atoms with Crippen molar-refractivity contribution < 1.29 is 18.6 Å². The Morgan fingerprint density at radius 3 is 2.81 bits per heavy atom. The second-order valence-electron chi connectivity index (χ2n) is 5.80. The maximum atomic E-state index is 13.7. The van der Waals surface area contributed by atoms with Crippen LogP contribution < -0.4 is 0 Å². The maximum Gasteiger partial charge on any atom is 0.133 e. The van der Waals surface area contributed by atoms with Crippen molar-refractivity contribution in [1.82, 2.24) is 9.88 Å². The molecule has 0 amide bonds. The van der Waals surface area contributed by atoms with Gasteiger partial charge in [-0.3, -0.25) is 4.98 Å². The fourth-order valence-corrected chi connectivity index (χ4v) is 3.13. The molecular formula is C19H17BrF2N2O2. The standard InChI is InChI=1S/C19H17BrF2N2O2/c20-17-10-24(9-13-2-1-5-23-8-13)16(11-25)7-19(17)26-12-14-3-4-15(21)6-18(14)22/h1-8,25H,9-12H2. The molecule has 0 saturated carbocycles. The predicted molar refractivity (Wildman–Crippen MR) is 96.9 cm³/mol. The van der Waals surface area contributed by atoms with Crippen LogP contribution in [0.3, 0.4) is 0 Å². The van der Waals surface area contributed by atoms with Crippen molar-refractivity contribution >= 4 is 15.9 Å². The third-order valence-corrected chi connectivity index (χ3v) is 4.60. The number of pyridine rings is 1. The number of halogens is 3. The Labute approximate surface area is 158 Å². The number of benzene rings is 1. The van der Waals surface area contributed by atoms with Crippen LogP contribution in [0.1, 0.15) is 11.1 Å². The third-order valence-electron chi connectivity index (χ3n) is 3.96. The van der Waals surface area contributed by atoms with Gasteiger partial charge in [0.1, 0.15) is 24.0 Å². The molecule has 7 heteroatoms. The van der Waals surface area contributed by atoms with E-state index in [9.17, 15) is 13.9 Å². The minimum absolute atomic E-state index is 0.0334. The van der Waals surface area contributed by atoms with Gasteiger partial charge >= 0.3 is 0 Å². The average molecular weight is 423 g/mol. The Hall–Kier alpha value is -2.25. The molecule has 0 bridgehead atoms. The molecule has 0 spiro atoms. The number of ether oxygens (including phenoxy) is 1. The zero-order valence-electron chi connectivity index (χ0n) is 13.8. The SMILES string of the molecule is OCC1=CC(OCc2ccc(F)cc2F)=C(Br)CN1Cc1cccnc1. The monoisotopic (exact) mass is 422 g/mol. The lowest BCUT2D eigenvalue weighted by Crippen LogP contribution is -2.29. The molecule has 1 aromatic heterocycles. The minimum atomic E-state index is -0.651. The first-order valence-electron chi connectivity index (χ1n) is 7.97. The quantitative estimate of drug-likeness (QED) is 0.767. The van der Waals surface area contributed by atoms with E-state index < -0.39 is 11.6 Å². The van der Waals surface area contributed by atoms with Crippen molar-refractivity contribution in [3.8, 4) is 0 Å². The van der Waals surface area contributed by atoms with Crippen LogP contribution in [-0.4, -0.2) is 28.1 Å². The third kappa shape index (κ3) is 4.47. The van der Waals surface area contributed by atoms with E-state index in [1.807, 2.05) is 17.0 Å². The fourth-order valence-electron chi connectivity index (χ4n) is 2.60. The smallest absolute Gasteiger partial charge is 0.133 e. The van der Waals surface area contributed by atoms with E-state index in [1.165, 1.54) is 12.1 Å². The van der Waals surface area contributed by atoms with Crippen molar-refractivity contribution in [2.45, 2.75) is 13.2 Å². The lowest BCUT2D eigenvalue weighted by molar-refractivity contribution is 0.190. The Bertz CT molecular complexity index is 841. The molecule has 1 aromatic carbocycles. The summed E-state index contributed by atoms with van der Waals surface area (Å²) >= 11 is 3.49. The molecule has 0 unspecified atom stereocenters. The summed E-state index contributed by atoms with van der Waals surface area (Å²) in [7, 11) is 0. The number of aliphatic hydroxyl groups is 1. The molecular weight excluding hydrogens is 406 g/mol. The molecule has 0 radical (unpaired) electrons. The van der Waals surface area contributed by atoms with E-state index in [0.717, 1.165) is 16.1 Å².